The van der Waals surface area contributed by atoms with Crippen LogP contribution in [0.15, 0.2) is 59.7 Å². The fraction of sp³-hybridized carbons (Fsp3) is 0.357. The minimum Gasteiger partial charge on any atom is -0.0905 e. The zero-order valence-corrected chi connectivity index (χ0v) is 18.2. The molecule has 2 aliphatic rings. The lowest BCUT2D eigenvalue weighted by Crippen LogP contribution is -2.21. The summed E-state index contributed by atoms with van der Waals surface area (Å²) in [5.74, 6) is 0.415. The molecule has 0 aromatic heterocycles. The summed E-state index contributed by atoms with van der Waals surface area (Å²) in [6.45, 7) is 18.5. The minimum atomic E-state index is 0.114. The van der Waals surface area contributed by atoms with Crippen molar-refractivity contribution >= 4 is 11.6 Å². The van der Waals surface area contributed by atoms with Gasteiger partial charge in [-0.25, -0.2) is 0 Å². The second-order valence-electron chi connectivity index (χ2n) is 9.50. The number of hydrogen-bond acceptors (Lipinski definition) is 0. The molecule has 0 heteroatoms. The van der Waals surface area contributed by atoms with Crippen molar-refractivity contribution < 1.29 is 0 Å². The van der Waals surface area contributed by atoms with E-state index in [1.54, 1.807) is 0 Å². The van der Waals surface area contributed by atoms with E-state index in [9.17, 15) is 0 Å². The van der Waals surface area contributed by atoms with Gasteiger partial charge in [-0.05, 0) is 75.3 Å². The van der Waals surface area contributed by atoms with Gasteiger partial charge in [0.1, 0.15) is 0 Å². The van der Waals surface area contributed by atoms with Crippen molar-refractivity contribution in [3.8, 4) is 0 Å². The largest absolute Gasteiger partial charge is 0.0905 e. The van der Waals surface area contributed by atoms with Gasteiger partial charge in [-0.3, -0.25) is 0 Å². The van der Waals surface area contributed by atoms with Gasteiger partial charge in [0.2, 0.25) is 0 Å². The Bertz CT molecular complexity index is 1030. The minimum absolute atomic E-state index is 0.114. The van der Waals surface area contributed by atoms with E-state index in [4.69, 9.17) is 0 Å². The molecule has 0 radical (unpaired) electrons. The molecule has 1 unspecified atom stereocenters. The van der Waals surface area contributed by atoms with Crippen molar-refractivity contribution in [2.75, 3.05) is 0 Å². The molecule has 28 heavy (non-hydrogen) atoms. The Labute approximate surface area is 170 Å². The Morgan fingerprint density at radius 1 is 1.11 bits per heavy atom. The highest BCUT2D eigenvalue weighted by molar-refractivity contribution is 5.91. The van der Waals surface area contributed by atoms with E-state index in [-0.39, 0.29) is 5.41 Å². The third kappa shape index (κ3) is 2.91. The van der Waals surface area contributed by atoms with Crippen LogP contribution in [0.2, 0.25) is 0 Å². The molecule has 0 nitrogen and oxygen atoms in total. The van der Waals surface area contributed by atoms with Crippen molar-refractivity contribution in [3.05, 3.63) is 93.1 Å². The summed E-state index contributed by atoms with van der Waals surface area (Å²) >= 11 is 0. The van der Waals surface area contributed by atoms with E-state index >= 15 is 0 Å². The van der Waals surface area contributed by atoms with E-state index in [0.717, 1.165) is 12.8 Å². The summed E-state index contributed by atoms with van der Waals surface area (Å²) in [5, 5.41) is 0. The van der Waals surface area contributed by atoms with E-state index in [1.165, 1.54) is 55.7 Å². The lowest BCUT2D eigenvalue weighted by molar-refractivity contribution is 0.486. The van der Waals surface area contributed by atoms with Gasteiger partial charge in [0.25, 0.3) is 0 Å². The maximum atomic E-state index is 4.65. The summed E-state index contributed by atoms with van der Waals surface area (Å²) in [7, 11) is 0. The normalized spacial score (nSPS) is 18.9. The smallest absolute Gasteiger partial charge is 0.00732 e. The van der Waals surface area contributed by atoms with Gasteiger partial charge < -0.3 is 0 Å². The predicted molar refractivity (Wildman–Crippen MR) is 123 cm³/mol. The van der Waals surface area contributed by atoms with E-state index in [2.05, 4.69) is 90.6 Å². The van der Waals surface area contributed by atoms with Crippen molar-refractivity contribution in [2.45, 2.75) is 60.3 Å². The van der Waals surface area contributed by atoms with Gasteiger partial charge in [-0.1, -0.05) is 89.2 Å². The number of allylic oxidation sites excluding steroid dienone is 4. The Balaban J connectivity index is 1.92. The van der Waals surface area contributed by atoms with Gasteiger partial charge in [-0.2, -0.15) is 0 Å². The molecule has 0 heterocycles. The standard InChI is InChI=1S/C28H32/c1-8-20-14-24-19(4)27(25-15-21-11-9-10-12-23(21)18(25)3)26(28(5,6)7)16-22(24)13-17(20)2/h9-15,18H,4,8,16H2,1-3,5-7H3. The fourth-order valence-electron chi connectivity index (χ4n) is 4.99. The molecule has 0 N–H and O–H groups in total. The highest BCUT2D eigenvalue weighted by Gasteiger charge is 2.34. The third-order valence-electron chi connectivity index (χ3n) is 6.67. The van der Waals surface area contributed by atoms with Crippen LogP contribution in [-0.2, 0) is 12.8 Å². The molecular weight excluding hydrogens is 336 g/mol. The maximum Gasteiger partial charge on any atom is 0.00732 e. The zero-order chi connectivity index (χ0) is 20.2. The van der Waals surface area contributed by atoms with Gasteiger partial charge in [0.05, 0.1) is 0 Å². The van der Waals surface area contributed by atoms with E-state index in [1.807, 2.05) is 0 Å². The van der Waals surface area contributed by atoms with Crippen LogP contribution in [0.4, 0.5) is 0 Å². The number of fused-ring (bicyclic) bond motifs is 2. The first-order valence-corrected chi connectivity index (χ1v) is 10.6. The number of hydrogen-bond donors (Lipinski definition) is 0. The number of benzene rings is 2. The summed E-state index contributed by atoms with van der Waals surface area (Å²) in [6.07, 6.45) is 4.51. The second kappa shape index (κ2) is 6.62. The highest BCUT2D eigenvalue weighted by atomic mass is 14.4. The van der Waals surface area contributed by atoms with Crippen LogP contribution in [0.5, 0.6) is 0 Å². The van der Waals surface area contributed by atoms with Crippen molar-refractivity contribution in [2.24, 2.45) is 5.41 Å². The maximum absolute atomic E-state index is 4.65. The molecule has 1 atom stereocenters. The van der Waals surface area contributed by atoms with Crippen LogP contribution in [0.25, 0.3) is 11.6 Å². The van der Waals surface area contributed by atoms with Crippen LogP contribution < -0.4 is 0 Å². The Kier molecular flexibility index (Phi) is 4.49. The molecule has 0 fully saturated rings. The summed E-state index contributed by atoms with van der Waals surface area (Å²) in [4.78, 5) is 0. The van der Waals surface area contributed by atoms with Gasteiger partial charge in [0.15, 0.2) is 0 Å². The first kappa shape index (κ1) is 19.0. The Morgan fingerprint density at radius 2 is 1.82 bits per heavy atom. The van der Waals surface area contributed by atoms with E-state index < -0.39 is 0 Å². The summed E-state index contributed by atoms with van der Waals surface area (Å²) in [5.41, 5.74) is 14.2. The molecule has 2 aliphatic carbocycles. The lowest BCUT2D eigenvalue weighted by Gasteiger charge is -2.35. The first-order valence-electron chi connectivity index (χ1n) is 10.6. The van der Waals surface area contributed by atoms with E-state index in [0.29, 0.717) is 5.92 Å². The molecule has 0 saturated carbocycles. The third-order valence-corrected chi connectivity index (χ3v) is 6.67. The quantitative estimate of drug-likeness (QED) is 0.510. The molecule has 0 aliphatic heterocycles. The molecule has 2 aromatic rings. The van der Waals surface area contributed by atoms with Crippen molar-refractivity contribution in [3.63, 3.8) is 0 Å². The zero-order valence-electron chi connectivity index (χ0n) is 18.2. The van der Waals surface area contributed by atoms with Crippen LogP contribution in [0.1, 0.15) is 73.9 Å². The lowest BCUT2D eigenvalue weighted by atomic mass is 9.69. The molecular formula is C28H32. The molecule has 0 spiro atoms. The SMILES string of the molecule is C=C1C(C2=Cc3ccccc3C2C)=C(C(C)(C)C)Cc2cc(C)c(CC)cc21. The Morgan fingerprint density at radius 3 is 2.46 bits per heavy atom. The van der Waals surface area contributed by atoms with Gasteiger partial charge >= 0.3 is 0 Å². The van der Waals surface area contributed by atoms with Crippen molar-refractivity contribution in [1.29, 1.82) is 0 Å². The van der Waals surface area contributed by atoms with Gasteiger partial charge in [0, 0.05) is 5.92 Å². The van der Waals surface area contributed by atoms with Crippen molar-refractivity contribution in [1.82, 2.24) is 0 Å². The molecule has 0 amide bonds. The van der Waals surface area contributed by atoms with Crippen LogP contribution in [0.3, 0.4) is 0 Å². The first-order chi connectivity index (χ1) is 13.2. The number of rotatable bonds is 2. The average molecular weight is 369 g/mol. The molecule has 0 bridgehead atoms. The molecule has 0 saturated heterocycles. The predicted octanol–water partition coefficient (Wildman–Crippen LogP) is 7.67. The topological polar surface area (TPSA) is 0 Å². The molecule has 4 rings (SSSR count). The number of aryl methyl sites for hydroxylation is 2. The monoisotopic (exact) mass is 368 g/mol. The fourth-order valence-corrected chi connectivity index (χ4v) is 4.99. The molecule has 2 aromatic carbocycles. The van der Waals surface area contributed by atoms with Gasteiger partial charge in [-0.15, -0.1) is 0 Å². The average Bonchev–Trinajstić information content (AvgIpc) is 2.97. The Hall–Kier alpha value is -2.34. The summed E-state index contributed by atoms with van der Waals surface area (Å²) in [6, 6.07) is 13.6. The highest BCUT2D eigenvalue weighted by Crippen LogP contribution is 2.50. The van der Waals surface area contributed by atoms with Crippen LogP contribution >= 0.6 is 0 Å². The van der Waals surface area contributed by atoms with Crippen LogP contribution in [-0.4, -0.2) is 0 Å². The molecule has 144 valence electrons. The summed E-state index contributed by atoms with van der Waals surface area (Å²) < 4.78 is 0. The second-order valence-corrected chi connectivity index (χ2v) is 9.50. The van der Waals surface area contributed by atoms with Crippen LogP contribution in [0, 0.1) is 12.3 Å².